The van der Waals surface area contributed by atoms with Crippen molar-refractivity contribution in [1.29, 1.82) is 0 Å². The van der Waals surface area contributed by atoms with Gasteiger partial charge in [-0.05, 0) is 37.7 Å². The fraction of sp³-hybridized carbons (Fsp3) is 0.636. The maximum atomic E-state index is 13.0. The Hall–Kier alpha value is -2.04. The van der Waals surface area contributed by atoms with E-state index in [1.807, 2.05) is 6.20 Å². The third-order valence-electron chi connectivity index (χ3n) is 6.30. The minimum absolute atomic E-state index is 0.0258. The summed E-state index contributed by atoms with van der Waals surface area (Å²) in [6.45, 7) is 2.14. The lowest BCUT2D eigenvalue weighted by Crippen LogP contribution is -2.36. The smallest absolute Gasteiger partial charge is 0.253 e. The Morgan fingerprint density at radius 3 is 2.41 bits per heavy atom. The number of rotatable bonds is 5. The lowest BCUT2D eigenvalue weighted by molar-refractivity contribution is 0.0929. The Bertz CT molecular complexity index is 785. The molecule has 2 aliphatic carbocycles. The summed E-state index contributed by atoms with van der Waals surface area (Å²) in [6.07, 6.45) is 16.9. The summed E-state index contributed by atoms with van der Waals surface area (Å²) in [5, 5.41) is 7.93. The molecule has 146 valence electrons. The number of fused-ring (bicyclic) bond motifs is 1. The first-order valence-corrected chi connectivity index (χ1v) is 10.8. The van der Waals surface area contributed by atoms with Gasteiger partial charge in [-0.15, -0.1) is 0 Å². The zero-order chi connectivity index (χ0) is 18.6. The van der Waals surface area contributed by atoms with Crippen molar-refractivity contribution in [3.8, 4) is 0 Å². The van der Waals surface area contributed by atoms with Crippen LogP contribution in [0.2, 0.25) is 0 Å². The van der Waals surface area contributed by atoms with E-state index < -0.39 is 0 Å². The quantitative estimate of drug-likeness (QED) is 0.700. The number of aromatic nitrogens is 2. The molecule has 2 heterocycles. The average Bonchev–Trinajstić information content (AvgIpc) is 3.14. The van der Waals surface area contributed by atoms with Gasteiger partial charge in [0, 0.05) is 29.9 Å². The van der Waals surface area contributed by atoms with Crippen molar-refractivity contribution in [3.63, 3.8) is 0 Å². The molecule has 0 aromatic carbocycles. The topological polar surface area (TPSA) is 69.8 Å². The van der Waals surface area contributed by atoms with Crippen molar-refractivity contribution in [2.45, 2.75) is 89.6 Å². The first-order chi connectivity index (χ1) is 13.3. The maximum Gasteiger partial charge on any atom is 0.253 e. The van der Waals surface area contributed by atoms with E-state index in [0.29, 0.717) is 17.6 Å². The highest BCUT2D eigenvalue weighted by molar-refractivity contribution is 6.09. The van der Waals surface area contributed by atoms with Crippen LogP contribution in [-0.2, 0) is 6.42 Å². The monoisotopic (exact) mass is 368 g/mol. The molecular formula is C22H32N4O. The van der Waals surface area contributed by atoms with Crippen LogP contribution < -0.4 is 10.6 Å². The summed E-state index contributed by atoms with van der Waals surface area (Å²) in [4.78, 5) is 21.1. The molecule has 2 aliphatic rings. The van der Waals surface area contributed by atoms with Gasteiger partial charge in [0.05, 0.1) is 11.1 Å². The van der Waals surface area contributed by atoms with Crippen molar-refractivity contribution in [1.82, 2.24) is 15.3 Å². The number of hydrogen-bond donors (Lipinski definition) is 3. The standard InChI is InChI=1S/C22H32N4O/c1-2-15-13-23-20-19(15)18(22(27)26-17-11-7-4-8-12-17)14-24-21(20)25-16-9-5-3-6-10-16/h13-14,16-17,23H,2-12H2,1H3,(H,24,25)(H,26,27). The Balaban J connectivity index is 1.61. The molecule has 0 radical (unpaired) electrons. The number of hydrogen-bond acceptors (Lipinski definition) is 3. The van der Waals surface area contributed by atoms with Crippen LogP contribution in [0.15, 0.2) is 12.4 Å². The number of amides is 1. The highest BCUT2D eigenvalue weighted by Crippen LogP contribution is 2.30. The van der Waals surface area contributed by atoms with Crippen LogP contribution in [0.5, 0.6) is 0 Å². The summed E-state index contributed by atoms with van der Waals surface area (Å²) < 4.78 is 0. The fourth-order valence-corrected chi connectivity index (χ4v) is 4.73. The van der Waals surface area contributed by atoms with Crippen LogP contribution in [0.4, 0.5) is 5.82 Å². The molecule has 0 spiro atoms. The van der Waals surface area contributed by atoms with Crippen LogP contribution in [0.1, 0.15) is 87.1 Å². The summed E-state index contributed by atoms with van der Waals surface area (Å²) in [6, 6.07) is 0.801. The van der Waals surface area contributed by atoms with Crippen molar-refractivity contribution in [2.24, 2.45) is 0 Å². The molecule has 4 rings (SSSR count). The van der Waals surface area contributed by atoms with Gasteiger partial charge in [0.15, 0.2) is 5.82 Å². The van der Waals surface area contributed by atoms with Crippen LogP contribution in [0.25, 0.3) is 10.9 Å². The second kappa shape index (κ2) is 8.32. The second-order valence-corrected chi connectivity index (χ2v) is 8.23. The van der Waals surface area contributed by atoms with Gasteiger partial charge in [-0.1, -0.05) is 45.4 Å². The third-order valence-corrected chi connectivity index (χ3v) is 6.30. The average molecular weight is 369 g/mol. The van der Waals surface area contributed by atoms with Crippen LogP contribution in [0, 0.1) is 0 Å². The molecule has 0 unspecified atom stereocenters. The molecule has 2 saturated carbocycles. The molecule has 0 aliphatic heterocycles. The summed E-state index contributed by atoms with van der Waals surface area (Å²) in [5.74, 6) is 0.920. The zero-order valence-corrected chi connectivity index (χ0v) is 16.4. The van der Waals surface area contributed by atoms with Crippen molar-refractivity contribution in [2.75, 3.05) is 5.32 Å². The highest BCUT2D eigenvalue weighted by Gasteiger charge is 2.22. The van der Waals surface area contributed by atoms with Crippen molar-refractivity contribution < 1.29 is 4.79 Å². The van der Waals surface area contributed by atoms with Gasteiger partial charge >= 0.3 is 0 Å². The van der Waals surface area contributed by atoms with E-state index in [-0.39, 0.29) is 5.91 Å². The third kappa shape index (κ3) is 3.97. The molecule has 2 fully saturated rings. The van der Waals surface area contributed by atoms with Crippen molar-refractivity contribution in [3.05, 3.63) is 23.5 Å². The van der Waals surface area contributed by atoms with Gasteiger partial charge in [0.25, 0.3) is 5.91 Å². The number of carbonyl (C=O) groups is 1. The second-order valence-electron chi connectivity index (χ2n) is 8.23. The zero-order valence-electron chi connectivity index (χ0n) is 16.4. The number of aromatic amines is 1. The number of aryl methyl sites for hydroxylation is 1. The van der Waals surface area contributed by atoms with Crippen LogP contribution >= 0.6 is 0 Å². The molecule has 5 nitrogen and oxygen atoms in total. The number of nitrogens with one attached hydrogen (secondary N) is 3. The minimum atomic E-state index is 0.0258. The molecular weight excluding hydrogens is 336 g/mol. The summed E-state index contributed by atoms with van der Waals surface area (Å²) in [5.41, 5.74) is 2.88. The minimum Gasteiger partial charge on any atom is -0.366 e. The molecule has 0 bridgehead atoms. The predicted octanol–water partition coefficient (Wildman–Crippen LogP) is 4.93. The van der Waals surface area contributed by atoms with E-state index in [1.54, 1.807) is 6.20 Å². The molecule has 1 amide bonds. The molecule has 27 heavy (non-hydrogen) atoms. The molecule has 5 heteroatoms. The summed E-state index contributed by atoms with van der Waals surface area (Å²) >= 11 is 0. The highest BCUT2D eigenvalue weighted by atomic mass is 16.1. The number of anilines is 1. The normalized spacial score (nSPS) is 19.3. The number of pyridine rings is 1. The first kappa shape index (κ1) is 18.3. The maximum absolute atomic E-state index is 13.0. The Labute approximate surface area is 161 Å². The Morgan fingerprint density at radius 2 is 1.74 bits per heavy atom. The molecule has 3 N–H and O–H groups in total. The number of nitrogens with zero attached hydrogens (tertiary/aromatic N) is 1. The van der Waals surface area contributed by atoms with Gasteiger partial charge in [-0.2, -0.15) is 0 Å². The van der Waals surface area contributed by atoms with E-state index in [9.17, 15) is 4.79 Å². The van der Waals surface area contributed by atoms with Gasteiger partial charge in [-0.25, -0.2) is 4.98 Å². The SMILES string of the molecule is CCc1c[nH]c2c(NC3CCCCC3)ncc(C(=O)NC3CCCCC3)c12. The van der Waals surface area contributed by atoms with E-state index in [1.165, 1.54) is 56.9 Å². The van der Waals surface area contributed by atoms with Crippen LogP contribution in [0.3, 0.4) is 0 Å². The summed E-state index contributed by atoms with van der Waals surface area (Å²) in [7, 11) is 0. The Morgan fingerprint density at radius 1 is 1.07 bits per heavy atom. The molecule has 0 atom stereocenters. The van der Waals surface area contributed by atoms with Gasteiger partial charge < -0.3 is 15.6 Å². The first-order valence-electron chi connectivity index (χ1n) is 10.8. The van der Waals surface area contributed by atoms with Crippen LogP contribution in [-0.4, -0.2) is 28.0 Å². The van der Waals surface area contributed by atoms with Gasteiger partial charge in [-0.3, -0.25) is 4.79 Å². The molecule has 2 aromatic heterocycles. The molecule has 2 aromatic rings. The molecule has 0 saturated heterocycles. The number of H-pyrrole nitrogens is 1. The van der Waals surface area contributed by atoms with Crippen molar-refractivity contribution >= 4 is 22.6 Å². The van der Waals surface area contributed by atoms with Gasteiger partial charge in [0.1, 0.15) is 0 Å². The van der Waals surface area contributed by atoms with Gasteiger partial charge in [0.2, 0.25) is 0 Å². The lowest BCUT2D eigenvalue weighted by Gasteiger charge is -2.24. The lowest BCUT2D eigenvalue weighted by atomic mass is 9.95. The fourth-order valence-electron chi connectivity index (χ4n) is 4.73. The van der Waals surface area contributed by atoms with E-state index in [0.717, 1.165) is 36.0 Å². The van der Waals surface area contributed by atoms with E-state index >= 15 is 0 Å². The number of carbonyl (C=O) groups excluding carboxylic acids is 1. The van der Waals surface area contributed by atoms with E-state index in [2.05, 4.69) is 27.5 Å². The predicted molar refractivity (Wildman–Crippen MR) is 110 cm³/mol. The van der Waals surface area contributed by atoms with E-state index in [4.69, 9.17) is 0 Å². The Kier molecular flexibility index (Phi) is 5.65. The largest absolute Gasteiger partial charge is 0.366 e.